The van der Waals surface area contributed by atoms with E-state index in [2.05, 4.69) is 15.9 Å². The number of alkyl halides is 1. The zero-order valence-electron chi connectivity index (χ0n) is 10.4. The molecule has 2 rings (SSSR count). The lowest BCUT2D eigenvalue weighted by Gasteiger charge is -2.42. The molecule has 1 aromatic rings. The Hall–Kier alpha value is 0.240. The van der Waals surface area contributed by atoms with E-state index >= 15 is 0 Å². The van der Waals surface area contributed by atoms with Crippen LogP contribution in [0.1, 0.15) is 31.2 Å². The highest BCUT2D eigenvalue weighted by Crippen LogP contribution is 2.40. The van der Waals surface area contributed by atoms with Gasteiger partial charge in [-0.2, -0.15) is 0 Å². The summed E-state index contributed by atoms with van der Waals surface area (Å²) in [6.45, 7) is 0. The van der Waals surface area contributed by atoms with Gasteiger partial charge < -0.3 is 4.74 Å². The third-order valence-corrected chi connectivity index (χ3v) is 5.12. The van der Waals surface area contributed by atoms with Gasteiger partial charge in [0.05, 0.1) is 15.6 Å². The highest BCUT2D eigenvalue weighted by atomic mass is 79.9. The molecule has 0 radical (unpaired) electrons. The number of ether oxygens (including phenoxy) is 1. The number of benzene rings is 1. The Labute approximate surface area is 127 Å². The first-order valence-electron chi connectivity index (χ1n) is 6.18. The van der Waals surface area contributed by atoms with Gasteiger partial charge in [-0.05, 0) is 49.8 Å². The van der Waals surface area contributed by atoms with Crippen molar-refractivity contribution >= 4 is 39.1 Å². The molecule has 1 atom stereocenters. The number of rotatable bonds is 5. The van der Waals surface area contributed by atoms with E-state index in [-0.39, 0.29) is 5.60 Å². The smallest absolute Gasteiger partial charge is 0.0689 e. The first-order valence-corrected chi connectivity index (χ1v) is 7.85. The fourth-order valence-electron chi connectivity index (χ4n) is 2.46. The molecule has 4 heteroatoms. The molecule has 0 heterocycles. The molecule has 18 heavy (non-hydrogen) atoms. The summed E-state index contributed by atoms with van der Waals surface area (Å²) in [5, 5.41) is 1.23. The van der Waals surface area contributed by atoms with Gasteiger partial charge >= 0.3 is 0 Å². The maximum absolute atomic E-state index is 6.02. The average Bonchev–Trinajstić information content (AvgIpc) is 2.29. The lowest BCUT2D eigenvalue weighted by molar-refractivity contribution is -0.0770. The van der Waals surface area contributed by atoms with Gasteiger partial charge in [0.15, 0.2) is 0 Å². The molecule has 0 saturated heterocycles. The highest BCUT2D eigenvalue weighted by Gasteiger charge is 2.38. The summed E-state index contributed by atoms with van der Waals surface area (Å²) in [5.74, 6) is 0. The topological polar surface area (TPSA) is 9.23 Å². The van der Waals surface area contributed by atoms with Crippen LogP contribution >= 0.6 is 39.1 Å². The number of halogens is 3. The standard InChI is InChI=1S/C14H17BrCl2O/c1-18-14(5-2-6-14)9-11(15)7-10-3-4-12(16)13(17)8-10/h3-4,8,11H,2,5-7,9H2,1H3. The minimum atomic E-state index is 0.102. The van der Waals surface area contributed by atoms with Gasteiger partial charge in [-0.1, -0.05) is 45.2 Å². The predicted octanol–water partition coefficient (Wildman–Crippen LogP) is 5.26. The highest BCUT2D eigenvalue weighted by molar-refractivity contribution is 9.09. The molecular formula is C14H17BrCl2O. The fourth-order valence-corrected chi connectivity index (χ4v) is 3.75. The molecule has 1 aliphatic carbocycles. The normalized spacial score (nSPS) is 19.3. The maximum atomic E-state index is 6.02. The van der Waals surface area contributed by atoms with Crippen LogP contribution in [0.4, 0.5) is 0 Å². The van der Waals surface area contributed by atoms with Crippen molar-refractivity contribution < 1.29 is 4.74 Å². The molecule has 1 aromatic carbocycles. The minimum Gasteiger partial charge on any atom is -0.378 e. The van der Waals surface area contributed by atoms with Crippen molar-refractivity contribution in [1.82, 2.24) is 0 Å². The zero-order chi connectivity index (χ0) is 13.2. The molecule has 0 spiro atoms. The number of hydrogen-bond acceptors (Lipinski definition) is 1. The van der Waals surface area contributed by atoms with Crippen LogP contribution in [0.3, 0.4) is 0 Å². The van der Waals surface area contributed by atoms with Crippen LogP contribution in [0.25, 0.3) is 0 Å². The van der Waals surface area contributed by atoms with Crippen LogP contribution in [0.5, 0.6) is 0 Å². The van der Waals surface area contributed by atoms with Crippen molar-refractivity contribution in [2.24, 2.45) is 0 Å². The Balaban J connectivity index is 1.94. The molecular weight excluding hydrogens is 335 g/mol. The van der Waals surface area contributed by atoms with Gasteiger partial charge in [0.25, 0.3) is 0 Å². The number of methoxy groups -OCH3 is 1. The van der Waals surface area contributed by atoms with Gasteiger partial charge in [-0.25, -0.2) is 0 Å². The van der Waals surface area contributed by atoms with Gasteiger partial charge in [0.1, 0.15) is 0 Å². The quantitative estimate of drug-likeness (QED) is 0.657. The molecule has 100 valence electrons. The summed E-state index contributed by atoms with van der Waals surface area (Å²) in [5.41, 5.74) is 1.31. The Morgan fingerprint density at radius 1 is 1.33 bits per heavy atom. The van der Waals surface area contributed by atoms with E-state index in [1.165, 1.54) is 24.8 Å². The summed E-state index contributed by atoms with van der Waals surface area (Å²) < 4.78 is 5.65. The Bertz CT molecular complexity index is 413. The second-order valence-electron chi connectivity index (χ2n) is 4.99. The maximum Gasteiger partial charge on any atom is 0.0689 e. The van der Waals surface area contributed by atoms with Crippen molar-refractivity contribution in [3.63, 3.8) is 0 Å². The summed E-state index contributed by atoms with van der Waals surface area (Å²) in [7, 11) is 1.82. The van der Waals surface area contributed by atoms with E-state index in [1.54, 1.807) is 0 Å². The fraction of sp³-hybridized carbons (Fsp3) is 0.571. The van der Waals surface area contributed by atoms with Crippen molar-refractivity contribution in [1.29, 1.82) is 0 Å². The summed E-state index contributed by atoms with van der Waals surface area (Å²) in [4.78, 5) is 0.412. The molecule has 0 aliphatic heterocycles. The third kappa shape index (κ3) is 3.41. The Morgan fingerprint density at radius 3 is 2.56 bits per heavy atom. The zero-order valence-corrected chi connectivity index (χ0v) is 13.5. The van der Waals surface area contributed by atoms with Crippen LogP contribution < -0.4 is 0 Å². The molecule has 0 amide bonds. The minimum absolute atomic E-state index is 0.102. The van der Waals surface area contributed by atoms with E-state index in [1.807, 2.05) is 25.3 Å². The van der Waals surface area contributed by atoms with Gasteiger partial charge in [0, 0.05) is 11.9 Å². The molecule has 1 aliphatic rings. The average molecular weight is 352 g/mol. The lowest BCUT2D eigenvalue weighted by Crippen LogP contribution is -2.41. The molecule has 0 aromatic heterocycles. The first kappa shape index (κ1) is 14.6. The third-order valence-electron chi connectivity index (χ3n) is 3.73. The van der Waals surface area contributed by atoms with Gasteiger partial charge in [0.2, 0.25) is 0 Å². The van der Waals surface area contributed by atoms with Gasteiger partial charge in [-0.3, -0.25) is 0 Å². The summed E-state index contributed by atoms with van der Waals surface area (Å²) in [6.07, 6.45) is 5.62. The monoisotopic (exact) mass is 350 g/mol. The molecule has 1 fully saturated rings. The van der Waals surface area contributed by atoms with E-state index in [0.29, 0.717) is 14.9 Å². The van der Waals surface area contributed by atoms with Crippen LogP contribution in [-0.4, -0.2) is 17.5 Å². The molecule has 0 bridgehead atoms. The Morgan fingerprint density at radius 2 is 2.06 bits per heavy atom. The summed E-state index contributed by atoms with van der Waals surface area (Å²) in [6, 6.07) is 5.83. The van der Waals surface area contributed by atoms with Crippen molar-refractivity contribution in [2.45, 2.75) is 42.5 Å². The van der Waals surface area contributed by atoms with E-state index in [0.717, 1.165) is 12.8 Å². The van der Waals surface area contributed by atoms with Crippen molar-refractivity contribution in [2.75, 3.05) is 7.11 Å². The molecule has 1 unspecified atom stereocenters. The second kappa shape index (κ2) is 6.13. The largest absolute Gasteiger partial charge is 0.378 e. The van der Waals surface area contributed by atoms with Crippen molar-refractivity contribution in [3.05, 3.63) is 33.8 Å². The van der Waals surface area contributed by atoms with Crippen LogP contribution in [0.15, 0.2) is 18.2 Å². The van der Waals surface area contributed by atoms with Crippen molar-refractivity contribution in [3.8, 4) is 0 Å². The van der Waals surface area contributed by atoms with E-state index in [9.17, 15) is 0 Å². The second-order valence-corrected chi connectivity index (χ2v) is 7.10. The lowest BCUT2D eigenvalue weighted by atomic mass is 9.76. The predicted molar refractivity (Wildman–Crippen MR) is 81.1 cm³/mol. The van der Waals surface area contributed by atoms with E-state index in [4.69, 9.17) is 27.9 Å². The molecule has 1 nitrogen and oxygen atoms in total. The SMILES string of the molecule is COC1(CC(Br)Cc2ccc(Cl)c(Cl)c2)CCC1. The first-order chi connectivity index (χ1) is 8.54. The molecule has 0 N–H and O–H groups in total. The number of hydrogen-bond donors (Lipinski definition) is 0. The van der Waals surface area contributed by atoms with E-state index < -0.39 is 0 Å². The van der Waals surface area contributed by atoms with Crippen LogP contribution in [-0.2, 0) is 11.2 Å². The van der Waals surface area contributed by atoms with Gasteiger partial charge in [-0.15, -0.1) is 0 Å². The Kier molecular flexibility index (Phi) is 4.99. The molecule has 1 saturated carbocycles. The summed E-state index contributed by atoms with van der Waals surface area (Å²) >= 11 is 15.7. The van der Waals surface area contributed by atoms with Crippen LogP contribution in [0.2, 0.25) is 10.0 Å². The van der Waals surface area contributed by atoms with Crippen LogP contribution in [0, 0.1) is 0 Å².